The zero-order valence-electron chi connectivity index (χ0n) is 15.4. The third-order valence-electron chi connectivity index (χ3n) is 5.16. The Bertz CT molecular complexity index is 780. The van der Waals surface area contributed by atoms with Crippen molar-refractivity contribution < 1.29 is 14.3 Å². The predicted molar refractivity (Wildman–Crippen MR) is 108 cm³/mol. The molecular formula is C22H25NO3S. The Morgan fingerprint density at radius 1 is 1.07 bits per heavy atom. The van der Waals surface area contributed by atoms with Crippen LogP contribution in [-0.4, -0.2) is 36.4 Å². The third-order valence-corrected chi connectivity index (χ3v) is 6.49. The standard InChI is InChI=1S/C22H25NO3S/c24-22(8-4-7-17-5-2-1-3-6-17)23-12-11-21(27-14-13-23)18-9-10-19-20(15-18)26-16-25-19/h1-3,5-6,9-10,15,21H,4,7-8,11-14,16H2. The number of carbonyl (C=O) groups excluding carboxylic acids is 1. The van der Waals surface area contributed by atoms with Crippen molar-refractivity contribution in [2.45, 2.75) is 30.9 Å². The van der Waals surface area contributed by atoms with E-state index in [1.54, 1.807) is 0 Å². The summed E-state index contributed by atoms with van der Waals surface area (Å²) < 4.78 is 10.9. The molecule has 2 aromatic carbocycles. The van der Waals surface area contributed by atoms with E-state index in [0.29, 0.717) is 18.5 Å². The van der Waals surface area contributed by atoms with Crippen LogP contribution in [0.15, 0.2) is 48.5 Å². The van der Waals surface area contributed by atoms with Crippen LogP contribution in [-0.2, 0) is 11.2 Å². The molecule has 1 fully saturated rings. The molecule has 2 aromatic rings. The molecule has 0 N–H and O–H groups in total. The highest BCUT2D eigenvalue weighted by Crippen LogP contribution is 2.40. The van der Waals surface area contributed by atoms with E-state index in [9.17, 15) is 4.79 Å². The summed E-state index contributed by atoms with van der Waals surface area (Å²) in [7, 11) is 0. The van der Waals surface area contributed by atoms with Crippen molar-refractivity contribution in [3.05, 3.63) is 59.7 Å². The molecule has 1 saturated heterocycles. The molecule has 27 heavy (non-hydrogen) atoms. The fourth-order valence-electron chi connectivity index (χ4n) is 3.65. The Morgan fingerprint density at radius 2 is 1.93 bits per heavy atom. The molecule has 4 rings (SSSR count). The van der Waals surface area contributed by atoms with Gasteiger partial charge >= 0.3 is 0 Å². The van der Waals surface area contributed by atoms with E-state index in [0.717, 1.165) is 49.6 Å². The topological polar surface area (TPSA) is 38.8 Å². The number of benzene rings is 2. The summed E-state index contributed by atoms with van der Waals surface area (Å²) in [6, 6.07) is 16.6. The number of rotatable bonds is 5. The summed E-state index contributed by atoms with van der Waals surface area (Å²) in [6.07, 6.45) is 3.50. The van der Waals surface area contributed by atoms with Gasteiger partial charge in [-0.1, -0.05) is 36.4 Å². The number of hydrogen-bond acceptors (Lipinski definition) is 4. The van der Waals surface area contributed by atoms with Gasteiger partial charge in [0, 0.05) is 30.5 Å². The van der Waals surface area contributed by atoms with E-state index >= 15 is 0 Å². The van der Waals surface area contributed by atoms with E-state index < -0.39 is 0 Å². The van der Waals surface area contributed by atoms with Gasteiger partial charge in [0.05, 0.1) is 0 Å². The average molecular weight is 384 g/mol. The van der Waals surface area contributed by atoms with Crippen LogP contribution in [0.3, 0.4) is 0 Å². The van der Waals surface area contributed by atoms with Crippen molar-refractivity contribution in [1.29, 1.82) is 0 Å². The van der Waals surface area contributed by atoms with Crippen LogP contribution in [0.4, 0.5) is 0 Å². The Kier molecular flexibility index (Phi) is 5.87. The van der Waals surface area contributed by atoms with Crippen LogP contribution in [0.5, 0.6) is 11.5 Å². The second-order valence-corrected chi connectivity index (χ2v) is 8.29. The van der Waals surface area contributed by atoms with Gasteiger partial charge in [0.15, 0.2) is 11.5 Å². The summed E-state index contributed by atoms with van der Waals surface area (Å²) in [4.78, 5) is 14.7. The van der Waals surface area contributed by atoms with Gasteiger partial charge in [-0.3, -0.25) is 4.79 Å². The molecule has 5 heteroatoms. The molecule has 0 bridgehead atoms. The minimum Gasteiger partial charge on any atom is -0.454 e. The van der Waals surface area contributed by atoms with Crippen LogP contribution in [0.2, 0.25) is 0 Å². The van der Waals surface area contributed by atoms with E-state index in [4.69, 9.17) is 9.47 Å². The molecule has 2 aliphatic heterocycles. The first-order valence-electron chi connectivity index (χ1n) is 9.62. The maximum Gasteiger partial charge on any atom is 0.231 e. The molecule has 4 nitrogen and oxygen atoms in total. The van der Waals surface area contributed by atoms with Crippen molar-refractivity contribution in [3.8, 4) is 11.5 Å². The summed E-state index contributed by atoms with van der Waals surface area (Å²) in [6.45, 7) is 1.98. The lowest BCUT2D eigenvalue weighted by atomic mass is 10.1. The lowest BCUT2D eigenvalue weighted by Gasteiger charge is -2.20. The van der Waals surface area contributed by atoms with Gasteiger partial charge in [-0.25, -0.2) is 0 Å². The predicted octanol–water partition coefficient (Wildman–Crippen LogP) is 4.44. The highest BCUT2D eigenvalue weighted by Gasteiger charge is 2.23. The van der Waals surface area contributed by atoms with E-state index in [-0.39, 0.29) is 5.91 Å². The number of amides is 1. The Morgan fingerprint density at radius 3 is 2.81 bits per heavy atom. The molecule has 142 valence electrons. The van der Waals surface area contributed by atoms with Crippen molar-refractivity contribution in [1.82, 2.24) is 4.90 Å². The number of hydrogen-bond donors (Lipinski definition) is 0. The molecule has 0 radical (unpaired) electrons. The fraction of sp³-hybridized carbons (Fsp3) is 0.409. The number of carbonyl (C=O) groups is 1. The van der Waals surface area contributed by atoms with Crippen LogP contribution >= 0.6 is 11.8 Å². The Balaban J connectivity index is 1.28. The number of fused-ring (bicyclic) bond motifs is 1. The van der Waals surface area contributed by atoms with E-state index in [2.05, 4.69) is 36.4 Å². The molecule has 1 amide bonds. The summed E-state index contributed by atoms with van der Waals surface area (Å²) >= 11 is 1.93. The molecule has 2 aliphatic rings. The van der Waals surface area contributed by atoms with Crippen LogP contribution in [0, 0.1) is 0 Å². The third kappa shape index (κ3) is 4.59. The van der Waals surface area contributed by atoms with Gasteiger partial charge in [0.2, 0.25) is 12.7 Å². The SMILES string of the molecule is O=C(CCCc1ccccc1)N1CCSC(c2ccc3c(c2)OCO3)CC1. The van der Waals surface area contributed by atoms with Crippen LogP contribution < -0.4 is 9.47 Å². The zero-order valence-corrected chi connectivity index (χ0v) is 16.2. The van der Waals surface area contributed by atoms with Gasteiger partial charge in [-0.2, -0.15) is 11.8 Å². The fourth-order valence-corrected chi connectivity index (χ4v) is 4.87. The number of thioether (sulfide) groups is 1. The minimum absolute atomic E-state index is 0.290. The Hall–Kier alpha value is -2.14. The number of ether oxygens (including phenoxy) is 2. The molecule has 1 atom stereocenters. The largest absolute Gasteiger partial charge is 0.454 e. The highest BCUT2D eigenvalue weighted by molar-refractivity contribution is 7.99. The van der Waals surface area contributed by atoms with Crippen molar-refractivity contribution in [2.75, 3.05) is 25.6 Å². The first-order chi connectivity index (χ1) is 13.3. The zero-order chi connectivity index (χ0) is 18.5. The maximum absolute atomic E-state index is 12.6. The van der Waals surface area contributed by atoms with Gasteiger partial charge in [0.1, 0.15) is 0 Å². The summed E-state index contributed by atoms with van der Waals surface area (Å²) in [5.74, 6) is 2.93. The lowest BCUT2D eigenvalue weighted by Crippen LogP contribution is -2.32. The molecule has 0 aromatic heterocycles. The first-order valence-corrected chi connectivity index (χ1v) is 10.7. The van der Waals surface area contributed by atoms with Gasteiger partial charge in [-0.15, -0.1) is 0 Å². The molecule has 2 heterocycles. The molecular weight excluding hydrogens is 358 g/mol. The second-order valence-electron chi connectivity index (χ2n) is 6.98. The first kappa shape index (κ1) is 18.2. The minimum atomic E-state index is 0.290. The van der Waals surface area contributed by atoms with Crippen molar-refractivity contribution in [2.24, 2.45) is 0 Å². The molecule has 0 saturated carbocycles. The van der Waals surface area contributed by atoms with Crippen LogP contribution in [0.1, 0.15) is 35.6 Å². The quantitative estimate of drug-likeness (QED) is 0.765. The monoisotopic (exact) mass is 383 g/mol. The Labute approximate surface area is 164 Å². The second kappa shape index (κ2) is 8.70. The number of nitrogens with zero attached hydrogens (tertiary/aromatic N) is 1. The normalized spacial score (nSPS) is 19.0. The molecule has 0 aliphatic carbocycles. The van der Waals surface area contributed by atoms with E-state index in [1.807, 2.05) is 28.8 Å². The van der Waals surface area contributed by atoms with Crippen molar-refractivity contribution >= 4 is 17.7 Å². The van der Waals surface area contributed by atoms with Gasteiger partial charge in [0.25, 0.3) is 0 Å². The average Bonchev–Trinajstić information content (AvgIpc) is 3.03. The van der Waals surface area contributed by atoms with Gasteiger partial charge < -0.3 is 14.4 Å². The highest BCUT2D eigenvalue weighted by atomic mass is 32.2. The summed E-state index contributed by atoms with van der Waals surface area (Å²) in [5, 5.41) is 0.404. The number of aryl methyl sites for hydroxylation is 1. The smallest absolute Gasteiger partial charge is 0.231 e. The maximum atomic E-state index is 12.6. The lowest BCUT2D eigenvalue weighted by molar-refractivity contribution is -0.131. The summed E-state index contributed by atoms with van der Waals surface area (Å²) in [5.41, 5.74) is 2.57. The van der Waals surface area contributed by atoms with Crippen molar-refractivity contribution in [3.63, 3.8) is 0 Å². The van der Waals surface area contributed by atoms with Gasteiger partial charge in [-0.05, 0) is 42.5 Å². The molecule has 0 spiro atoms. The molecule has 1 unspecified atom stereocenters. The van der Waals surface area contributed by atoms with Crippen LogP contribution in [0.25, 0.3) is 0 Å². The van der Waals surface area contributed by atoms with E-state index in [1.165, 1.54) is 11.1 Å².